The van der Waals surface area contributed by atoms with E-state index >= 15 is 0 Å². The fourth-order valence-electron chi connectivity index (χ4n) is 2.52. The van der Waals surface area contributed by atoms with Crippen LogP contribution in [0, 0.1) is 0 Å². The number of nitrogens with zero attached hydrogens (tertiary/aromatic N) is 2. The molecule has 0 saturated carbocycles. The molecular formula is C15H16N2OS. The minimum Gasteiger partial charge on any atom is -0.348 e. The van der Waals surface area contributed by atoms with E-state index < -0.39 is 0 Å². The van der Waals surface area contributed by atoms with Crippen molar-refractivity contribution in [2.45, 2.75) is 19.5 Å². The van der Waals surface area contributed by atoms with Gasteiger partial charge in [0.1, 0.15) is 0 Å². The first-order chi connectivity index (χ1) is 9.25. The largest absolute Gasteiger partial charge is 0.348 e. The molecule has 2 aromatic rings. The van der Waals surface area contributed by atoms with Crippen molar-refractivity contribution in [1.29, 1.82) is 0 Å². The molecule has 0 N–H and O–H groups in total. The van der Waals surface area contributed by atoms with E-state index in [9.17, 15) is 4.79 Å². The maximum atomic E-state index is 12.3. The highest BCUT2D eigenvalue weighted by Gasteiger charge is 2.25. The number of thiophene rings is 1. The Hall–Kier alpha value is -1.81. The summed E-state index contributed by atoms with van der Waals surface area (Å²) in [5.41, 5.74) is 1.21. The second kappa shape index (κ2) is 5.05. The number of carbonyl (C=O) groups is 1. The van der Waals surface area contributed by atoms with Gasteiger partial charge in [-0.05, 0) is 36.6 Å². The Morgan fingerprint density at radius 1 is 1.37 bits per heavy atom. The van der Waals surface area contributed by atoms with Crippen molar-refractivity contribution in [3.63, 3.8) is 0 Å². The molecule has 1 amide bonds. The van der Waals surface area contributed by atoms with Crippen LogP contribution in [0.5, 0.6) is 0 Å². The third-order valence-corrected chi connectivity index (χ3v) is 4.40. The van der Waals surface area contributed by atoms with E-state index in [-0.39, 0.29) is 11.9 Å². The van der Waals surface area contributed by atoms with Crippen LogP contribution in [0.3, 0.4) is 0 Å². The Labute approximate surface area is 116 Å². The molecule has 1 unspecified atom stereocenters. The summed E-state index contributed by atoms with van der Waals surface area (Å²) in [6.45, 7) is 3.74. The molecular weight excluding hydrogens is 256 g/mol. The molecule has 1 aliphatic heterocycles. The summed E-state index contributed by atoms with van der Waals surface area (Å²) < 4.78 is 2.22. The van der Waals surface area contributed by atoms with Gasteiger partial charge in [-0.25, -0.2) is 0 Å². The van der Waals surface area contributed by atoms with E-state index in [0.717, 1.165) is 18.0 Å². The topological polar surface area (TPSA) is 25.2 Å². The molecule has 0 bridgehead atoms. The molecule has 0 aromatic carbocycles. The lowest BCUT2D eigenvalue weighted by atomic mass is 10.1. The number of fused-ring (bicyclic) bond motifs is 1. The maximum Gasteiger partial charge on any atom is 0.247 e. The molecule has 0 fully saturated rings. The summed E-state index contributed by atoms with van der Waals surface area (Å²) in [5.74, 6) is 0.0911. The number of hydrogen-bond acceptors (Lipinski definition) is 2. The van der Waals surface area contributed by atoms with Crippen molar-refractivity contribution in [1.82, 2.24) is 9.47 Å². The smallest absolute Gasteiger partial charge is 0.247 e. The fraction of sp³-hybridized carbons (Fsp3) is 0.267. The van der Waals surface area contributed by atoms with Crippen LogP contribution in [0.1, 0.15) is 23.5 Å². The van der Waals surface area contributed by atoms with Crippen molar-refractivity contribution in [2.24, 2.45) is 0 Å². The number of aromatic nitrogens is 1. The zero-order chi connectivity index (χ0) is 13.2. The van der Waals surface area contributed by atoms with Gasteiger partial charge in [0.2, 0.25) is 5.91 Å². The highest BCUT2D eigenvalue weighted by Crippen LogP contribution is 2.25. The molecule has 1 aliphatic rings. The molecule has 3 rings (SSSR count). The number of rotatable bonds is 2. The van der Waals surface area contributed by atoms with Gasteiger partial charge in [-0.1, -0.05) is 6.07 Å². The zero-order valence-electron chi connectivity index (χ0n) is 10.8. The lowest BCUT2D eigenvalue weighted by Gasteiger charge is -2.34. The van der Waals surface area contributed by atoms with E-state index in [1.807, 2.05) is 34.6 Å². The summed E-state index contributed by atoms with van der Waals surface area (Å²) in [6.07, 6.45) is 5.66. The van der Waals surface area contributed by atoms with Gasteiger partial charge in [0.05, 0.1) is 6.04 Å². The van der Waals surface area contributed by atoms with Gasteiger partial charge < -0.3 is 9.47 Å². The number of amides is 1. The molecule has 0 aliphatic carbocycles. The van der Waals surface area contributed by atoms with Gasteiger partial charge in [-0.2, -0.15) is 0 Å². The molecule has 19 heavy (non-hydrogen) atoms. The first-order valence-electron chi connectivity index (χ1n) is 6.43. The van der Waals surface area contributed by atoms with E-state index in [0.29, 0.717) is 0 Å². The molecule has 0 spiro atoms. The molecule has 98 valence electrons. The fourth-order valence-corrected chi connectivity index (χ4v) is 3.13. The van der Waals surface area contributed by atoms with Crippen LogP contribution in [0.25, 0.3) is 6.08 Å². The SMILES string of the molecule is CC1c2cccn2CCN1C(=O)/C=C/c1cccs1. The maximum absolute atomic E-state index is 12.3. The van der Waals surface area contributed by atoms with Gasteiger partial charge >= 0.3 is 0 Å². The normalized spacial score (nSPS) is 18.8. The van der Waals surface area contributed by atoms with Gasteiger partial charge in [0.25, 0.3) is 0 Å². The summed E-state index contributed by atoms with van der Waals surface area (Å²) >= 11 is 1.64. The Bertz CT molecular complexity index is 597. The van der Waals surface area contributed by atoms with Crippen molar-refractivity contribution in [3.05, 3.63) is 52.5 Å². The van der Waals surface area contributed by atoms with Crippen molar-refractivity contribution >= 4 is 23.3 Å². The van der Waals surface area contributed by atoms with E-state index in [2.05, 4.69) is 23.8 Å². The quantitative estimate of drug-likeness (QED) is 0.771. The molecule has 0 saturated heterocycles. The minimum atomic E-state index is 0.0911. The summed E-state index contributed by atoms with van der Waals surface area (Å²) in [4.78, 5) is 15.3. The number of hydrogen-bond donors (Lipinski definition) is 0. The second-order valence-electron chi connectivity index (χ2n) is 4.68. The summed E-state index contributed by atoms with van der Waals surface area (Å²) in [5, 5.41) is 2.01. The van der Waals surface area contributed by atoms with Crippen molar-refractivity contribution < 1.29 is 4.79 Å². The average Bonchev–Trinajstić information content (AvgIpc) is 3.07. The monoisotopic (exact) mass is 272 g/mol. The highest BCUT2D eigenvalue weighted by molar-refractivity contribution is 7.10. The zero-order valence-corrected chi connectivity index (χ0v) is 11.6. The van der Waals surface area contributed by atoms with E-state index in [1.54, 1.807) is 17.4 Å². The van der Waals surface area contributed by atoms with Crippen LogP contribution in [0.2, 0.25) is 0 Å². The first kappa shape index (κ1) is 12.2. The Balaban J connectivity index is 1.75. The Kier molecular flexibility index (Phi) is 3.25. The Morgan fingerprint density at radius 3 is 3.05 bits per heavy atom. The molecule has 2 aromatic heterocycles. The van der Waals surface area contributed by atoms with Crippen LogP contribution in [-0.4, -0.2) is 21.9 Å². The summed E-state index contributed by atoms with van der Waals surface area (Å²) in [6, 6.07) is 8.28. The van der Waals surface area contributed by atoms with E-state index in [4.69, 9.17) is 0 Å². The summed E-state index contributed by atoms with van der Waals surface area (Å²) in [7, 11) is 0. The Morgan fingerprint density at radius 2 is 2.26 bits per heavy atom. The molecule has 3 heterocycles. The van der Waals surface area contributed by atoms with Gasteiger partial charge in [0.15, 0.2) is 0 Å². The first-order valence-corrected chi connectivity index (χ1v) is 7.31. The van der Waals surface area contributed by atoms with Crippen LogP contribution in [-0.2, 0) is 11.3 Å². The number of carbonyl (C=O) groups excluding carboxylic acids is 1. The predicted octanol–water partition coefficient (Wildman–Crippen LogP) is 3.17. The standard InChI is InChI=1S/C15H16N2OS/c1-12-14-5-2-8-16(14)9-10-17(12)15(18)7-6-13-4-3-11-19-13/h2-8,11-12H,9-10H2,1H3/b7-6+. The predicted molar refractivity (Wildman–Crippen MR) is 77.9 cm³/mol. The lowest BCUT2D eigenvalue weighted by molar-refractivity contribution is -0.129. The average molecular weight is 272 g/mol. The van der Waals surface area contributed by atoms with Gasteiger partial charge in [0, 0.05) is 35.9 Å². The third-order valence-electron chi connectivity index (χ3n) is 3.56. The lowest BCUT2D eigenvalue weighted by Crippen LogP contribution is -2.39. The second-order valence-corrected chi connectivity index (χ2v) is 5.66. The molecule has 4 heteroatoms. The minimum absolute atomic E-state index is 0.0911. The van der Waals surface area contributed by atoms with Crippen molar-refractivity contribution in [2.75, 3.05) is 6.54 Å². The van der Waals surface area contributed by atoms with Crippen LogP contribution >= 0.6 is 11.3 Å². The molecule has 3 nitrogen and oxygen atoms in total. The third kappa shape index (κ3) is 2.36. The highest BCUT2D eigenvalue weighted by atomic mass is 32.1. The van der Waals surface area contributed by atoms with Gasteiger partial charge in [-0.15, -0.1) is 11.3 Å². The molecule has 0 radical (unpaired) electrons. The van der Waals surface area contributed by atoms with Crippen LogP contribution in [0.15, 0.2) is 41.9 Å². The van der Waals surface area contributed by atoms with Crippen LogP contribution in [0.4, 0.5) is 0 Å². The van der Waals surface area contributed by atoms with E-state index in [1.165, 1.54) is 5.69 Å². The van der Waals surface area contributed by atoms with Crippen molar-refractivity contribution in [3.8, 4) is 0 Å². The van der Waals surface area contributed by atoms with Gasteiger partial charge in [-0.3, -0.25) is 4.79 Å². The molecule has 1 atom stereocenters. The van der Waals surface area contributed by atoms with Crippen LogP contribution < -0.4 is 0 Å².